The molecule has 0 heterocycles. The number of nitrogens with one attached hydrogen (secondary N) is 1. The van der Waals surface area contributed by atoms with Crippen LogP contribution in [0.5, 0.6) is 0 Å². The molecule has 2 aromatic carbocycles. The highest BCUT2D eigenvalue weighted by atomic mass is 35.5. The molecule has 0 fully saturated rings. The molecule has 0 radical (unpaired) electrons. The van der Waals surface area contributed by atoms with Gasteiger partial charge in [-0.05, 0) is 42.8 Å². The van der Waals surface area contributed by atoms with Gasteiger partial charge in [-0.15, -0.1) is 0 Å². The van der Waals surface area contributed by atoms with Crippen molar-refractivity contribution < 1.29 is 14.3 Å². The van der Waals surface area contributed by atoms with Gasteiger partial charge in [-0.2, -0.15) is 0 Å². The number of carbonyl (C=O) groups is 2. The lowest BCUT2D eigenvalue weighted by Crippen LogP contribution is -2.20. The van der Waals surface area contributed by atoms with Gasteiger partial charge < -0.3 is 10.1 Å². The summed E-state index contributed by atoms with van der Waals surface area (Å²) in [5.41, 5.74) is 1.90. The fourth-order valence-corrected chi connectivity index (χ4v) is 2.06. The Bertz CT molecular complexity index is 716. The van der Waals surface area contributed by atoms with Crippen LogP contribution in [0, 0.1) is 6.92 Å². The Morgan fingerprint density at radius 1 is 1.09 bits per heavy atom. The highest BCUT2D eigenvalue weighted by molar-refractivity contribution is 6.42. The van der Waals surface area contributed by atoms with E-state index >= 15 is 0 Å². The van der Waals surface area contributed by atoms with Crippen LogP contribution in [0.25, 0.3) is 0 Å². The fourth-order valence-electron chi connectivity index (χ4n) is 1.76. The Morgan fingerprint density at radius 2 is 1.86 bits per heavy atom. The van der Waals surface area contributed by atoms with Crippen LogP contribution < -0.4 is 5.32 Å². The number of aryl methyl sites for hydroxylation is 1. The van der Waals surface area contributed by atoms with Crippen molar-refractivity contribution in [3.8, 4) is 0 Å². The van der Waals surface area contributed by atoms with Crippen molar-refractivity contribution in [2.24, 2.45) is 0 Å². The molecule has 1 amide bonds. The molecule has 0 aliphatic carbocycles. The van der Waals surface area contributed by atoms with Crippen molar-refractivity contribution in [3.63, 3.8) is 0 Å². The molecule has 0 spiro atoms. The molecular weight excluding hydrogens is 325 g/mol. The van der Waals surface area contributed by atoms with Crippen molar-refractivity contribution in [1.82, 2.24) is 0 Å². The first kappa shape index (κ1) is 16.3. The van der Waals surface area contributed by atoms with E-state index < -0.39 is 11.9 Å². The number of esters is 1. The monoisotopic (exact) mass is 337 g/mol. The van der Waals surface area contributed by atoms with Gasteiger partial charge in [0.25, 0.3) is 5.91 Å². The number of rotatable bonds is 4. The smallest absolute Gasteiger partial charge is 0.338 e. The zero-order valence-corrected chi connectivity index (χ0v) is 13.2. The Balaban J connectivity index is 1.90. The minimum absolute atomic E-state index is 0.234. The summed E-state index contributed by atoms with van der Waals surface area (Å²) in [6, 6.07) is 11.7. The molecule has 0 saturated heterocycles. The molecule has 0 bridgehead atoms. The first-order valence-electron chi connectivity index (χ1n) is 6.44. The van der Waals surface area contributed by atoms with Crippen LogP contribution >= 0.6 is 23.2 Å². The highest BCUT2D eigenvalue weighted by Gasteiger charge is 2.12. The predicted molar refractivity (Wildman–Crippen MR) is 86.6 cm³/mol. The van der Waals surface area contributed by atoms with E-state index in [0.717, 1.165) is 5.56 Å². The fraction of sp³-hybridized carbons (Fsp3) is 0.125. The number of carbonyl (C=O) groups excluding carboxylic acids is 2. The van der Waals surface area contributed by atoms with E-state index in [0.29, 0.717) is 10.7 Å². The second-order valence-electron chi connectivity index (χ2n) is 4.62. The lowest BCUT2D eigenvalue weighted by molar-refractivity contribution is -0.119. The molecule has 0 aliphatic heterocycles. The number of benzene rings is 2. The van der Waals surface area contributed by atoms with Crippen molar-refractivity contribution in [2.75, 3.05) is 11.9 Å². The Labute approximate surface area is 138 Å². The Kier molecular flexibility index (Phi) is 5.41. The summed E-state index contributed by atoms with van der Waals surface area (Å²) in [5.74, 6) is -1.06. The number of anilines is 1. The number of amides is 1. The van der Waals surface area contributed by atoms with E-state index in [9.17, 15) is 9.59 Å². The summed E-state index contributed by atoms with van der Waals surface area (Å²) in [4.78, 5) is 23.6. The van der Waals surface area contributed by atoms with Gasteiger partial charge in [0.1, 0.15) is 0 Å². The zero-order valence-electron chi connectivity index (χ0n) is 11.7. The third kappa shape index (κ3) is 4.48. The molecular formula is C16H13Cl2NO3. The quantitative estimate of drug-likeness (QED) is 0.854. The predicted octanol–water partition coefficient (Wildman–Crippen LogP) is 4.10. The van der Waals surface area contributed by atoms with E-state index in [1.807, 2.05) is 25.1 Å². The van der Waals surface area contributed by atoms with Crippen LogP contribution in [0.1, 0.15) is 15.9 Å². The van der Waals surface area contributed by atoms with Crippen molar-refractivity contribution in [3.05, 3.63) is 63.6 Å². The average Bonchev–Trinajstić information content (AvgIpc) is 2.47. The molecule has 114 valence electrons. The van der Waals surface area contributed by atoms with E-state index in [-0.39, 0.29) is 17.2 Å². The maximum Gasteiger partial charge on any atom is 0.338 e. The summed E-state index contributed by atoms with van der Waals surface area (Å²) >= 11 is 11.6. The van der Waals surface area contributed by atoms with Crippen molar-refractivity contribution in [1.29, 1.82) is 0 Å². The van der Waals surface area contributed by atoms with Crippen LogP contribution in [0.2, 0.25) is 10.0 Å². The van der Waals surface area contributed by atoms with Gasteiger partial charge in [0, 0.05) is 5.69 Å². The van der Waals surface area contributed by atoms with E-state index in [1.165, 1.54) is 18.2 Å². The molecule has 0 aliphatic rings. The lowest BCUT2D eigenvalue weighted by Gasteiger charge is -2.07. The van der Waals surface area contributed by atoms with Crippen LogP contribution in [-0.2, 0) is 9.53 Å². The second-order valence-corrected chi connectivity index (χ2v) is 5.44. The van der Waals surface area contributed by atoms with Crippen LogP contribution in [-0.4, -0.2) is 18.5 Å². The molecule has 0 atom stereocenters. The van der Waals surface area contributed by atoms with Crippen LogP contribution in [0.4, 0.5) is 5.69 Å². The van der Waals surface area contributed by atoms with Crippen LogP contribution in [0.3, 0.4) is 0 Å². The van der Waals surface area contributed by atoms with Gasteiger partial charge in [-0.3, -0.25) is 4.79 Å². The third-order valence-corrected chi connectivity index (χ3v) is 3.53. The first-order valence-corrected chi connectivity index (χ1v) is 7.20. The molecule has 6 heteroatoms. The average molecular weight is 338 g/mol. The second kappa shape index (κ2) is 7.29. The van der Waals surface area contributed by atoms with Gasteiger partial charge in [-0.1, -0.05) is 35.3 Å². The molecule has 1 N–H and O–H groups in total. The van der Waals surface area contributed by atoms with E-state index in [4.69, 9.17) is 27.9 Å². The molecule has 0 saturated carbocycles. The molecule has 22 heavy (non-hydrogen) atoms. The number of halogens is 2. The molecule has 0 unspecified atom stereocenters. The van der Waals surface area contributed by atoms with Crippen molar-refractivity contribution >= 4 is 40.8 Å². The van der Waals surface area contributed by atoms with Crippen LogP contribution in [0.15, 0.2) is 42.5 Å². The first-order chi connectivity index (χ1) is 10.5. The van der Waals surface area contributed by atoms with Gasteiger partial charge >= 0.3 is 5.97 Å². The molecule has 4 nitrogen and oxygen atoms in total. The maximum atomic E-state index is 11.8. The third-order valence-electron chi connectivity index (χ3n) is 2.79. The van der Waals surface area contributed by atoms with Crippen molar-refractivity contribution in [2.45, 2.75) is 6.92 Å². The van der Waals surface area contributed by atoms with E-state index in [2.05, 4.69) is 5.32 Å². The number of ether oxygens (including phenoxy) is 1. The lowest BCUT2D eigenvalue weighted by atomic mass is 10.2. The number of hydrogen-bond donors (Lipinski definition) is 1. The van der Waals surface area contributed by atoms with Gasteiger partial charge in [0.05, 0.1) is 15.6 Å². The maximum absolute atomic E-state index is 11.8. The van der Waals surface area contributed by atoms with Gasteiger partial charge in [0.15, 0.2) is 6.61 Å². The molecule has 2 rings (SSSR count). The summed E-state index contributed by atoms with van der Waals surface area (Å²) in [7, 11) is 0. The SMILES string of the molecule is Cc1cccc(NC(=O)COC(=O)c2ccc(Cl)c(Cl)c2)c1. The summed E-state index contributed by atoms with van der Waals surface area (Å²) in [5, 5.41) is 3.24. The molecule has 2 aromatic rings. The summed E-state index contributed by atoms with van der Waals surface area (Å²) in [6.45, 7) is 1.53. The zero-order chi connectivity index (χ0) is 16.1. The minimum atomic E-state index is -0.641. The Morgan fingerprint density at radius 3 is 2.55 bits per heavy atom. The Hall–Kier alpha value is -2.04. The van der Waals surface area contributed by atoms with Gasteiger partial charge in [-0.25, -0.2) is 4.79 Å². The largest absolute Gasteiger partial charge is 0.452 e. The molecule has 0 aromatic heterocycles. The normalized spacial score (nSPS) is 10.1. The topological polar surface area (TPSA) is 55.4 Å². The van der Waals surface area contributed by atoms with E-state index in [1.54, 1.807) is 6.07 Å². The van der Waals surface area contributed by atoms with Gasteiger partial charge in [0.2, 0.25) is 0 Å². The number of hydrogen-bond acceptors (Lipinski definition) is 3. The standard InChI is InChI=1S/C16H13Cl2NO3/c1-10-3-2-4-12(7-10)19-15(20)9-22-16(21)11-5-6-13(17)14(18)8-11/h2-8H,9H2,1H3,(H,19,20). The highest BCUT2D eigenvalue weighted by Crippen LogP contribution is 2.22. The summed E-state index contributed by atoms with van der Waals surface area (Å²) in [6.07, 6.45) is 0. The summed E-state index contributed by atoms with van der Waals surface area (Å²) < 4.78 is 4.93. The minimum Gasteiger partial charge on any atom is -0.452 e.